The zero-order valence-electron chi connectivity index (χ0n) is 15.6. The largest absolute Gasteiger partial charge is 0.353 e. The highest BCUT2D eigenvalue weighted by Gasteiger charge is 2.13. The summed E-state index contributed by atoms with van der Waals surface area (Å²) in [5, 5.41) is 10.9. The van der Waals surface area contributed by atoms with E-state index in [0.29, 0.717) is 33.2 Å². The molecule has 0 bridgehead atoms. The Morgan fingerprint density at radius 1 is 1.24 bits per heavy atom. The minimum absolute atomic E-state index is 0.232. The second-order valence-electron chi connectivity index (χ2n) is 6.11. The third-order valence-corrected chi connectivity index (χ3v) is 5.64. The lowest BCUT2D eigenvalue weighted by atomic mass is 10.2. The Morgan fingerprint density at radius 2 is 1.97 bits per heavy atom. The highest BCUT2D eigenvalue weighted by atomic mass is 35.5. The summed E-state index contributed by atoms with van der Waals surface area (Å²) in [4.78, 5) is 4.31. The van der Waals surface area contributed by atoms with Gasteiger partial charge in [-0.15, -0.1) is 0 Å². The molecule has 1 heterocycles. The molecule has 0 aliphatic rings. The van der Waals surface area contributed by atoms with E-state index in [9.17, 15) is 8.42 Å². The number of nitrogens with one attached hydrogen (secondary N) is 2. The van der Waals surface area contributed by atoms with Gasteiger partial charge in [-0.1, -0.05) is 22.8 Å². The second-order valence-corrected chi connectivity index (χ2v) is 8.97. The molecule has 0 saturated carbocycles. The molecule has 152 valence electrons. The van der Waals surface area contributed by atoms with Gasteiger partial charge in [0.1, 0.15) is 0 Å². The molecule has 0 spiro atoms. The van der Waals surface area contributed by atoms with Crippen molar-refractivity contribution in [3.63, 3.8) is 0 Å². The Bertz CT molecular complexity index is 1120. The van der Waals surface area contributed by atoms with Crippen molar-refractivity contribution in [3.05, 3.63) is 59.4 Å². The number of nitrogens with zero attached hydrogens (tertiary/aromatic N) is 3. The summed E-state index contributed by atoms with van der Waals surface area (Å²) in [7, 11) is -1.86. The zero-order valence-corrected chi connectivity index (χ0v) is 18.0. The van der Waals surface area contributed by atoms with Gasteiger partial charge in [-0.25, -0.2) is 8.42 Å². The van der Waals surface area contributed by atoms with E-state index in [4.69, 9.17) is 28.3 Å². The molecule has 0 atom stereocenters. The Labute approximate surface area is 178 Å². The van der Waals surface area contributed by atoms with Gasteiger partial charge in [0, 0.05) is 23.3 Å². The van der Waals surface area contributed by atoms with E-state index < -0.39 is 10.0 Å². The van der Waals surface area contributed by atoms with Crippen molar-refractivity contribution in [3.8, 4) is 11.4 Å². The van der Waals surface area contributed by atoms with Crippen LogP contribution in [-0.2, 0) is 16.6 Å². The summed E-state index contributed by atoms with van der Waals surface area (Å²) in [6.07, 6.45) is 1.14. The van der Waals surface area contributed by atoms with E-state index in [2.05, 4.69) is 20.8 Å². The molecular weight excluding hydrogens is 434 g/mol. The Morgan fingerprint density at radius 3 is 2.66 bits per heavy atom. The molecule has 1 aromatic heterocycles. The number of hydrogen-bond donors (Lipinski definition) is 2. The van der Waals surface area contributed by atoms with Crippen LogP contribution < -0.4 is 14.9 Å². The van der Waals surface area contributed by atoms with Crippen LogP contribution in [-0.4, -0.2) is 37.0 Å². The predicted molar refractivity (Wildman–Crippen MR) is 117 cm³/mol. The normalized spacial score (nSPS) is 11.1. The van der Waals surface area contributed by atoms with Crippen molar-refractivity contribution in [1.82, 2.24) is 15.5 Å². The van der Waals surface area contributed by atoms with Crippen LogP contribution in [0.4, 0.5) is 11.4 Å². The van der Waals surface area contributed by atoms with Gasteiger partial charge in [-0.2, -0.15) is 4.98 Å². The van der Waals surface area contributed by atoms with E-state index in [1.165, 1.54) is 11.4 Å². The van der Waals surface area contributed by atoms with Crippen molar-refractivity contribution in [2.24, 2.45) is 0 Å². The Balaban J connectivity index is 1.59. The number of benzene rings is 2. The van der Waals surface area contributed by atoms with Gasteiger partial charge in [0.15, 0.2) is 5.11 Å². The monoisotopic (exact) mass is 451 g/mol. The number of halogens is 1. The molecule has 0 radical (unpaired) electrons. The lowest BCUT2D eigenvalue weighted by Crippen LogP contribution is -2.28. The van der Waals surface area contributed by atoms with Crippen LogP contribution >= 0.6 is 23.8 Å². The Kier molecular flexibility index (Phi) is 6.36. The lowest BCUT2D eigenvalue weighted by molar-refractivity contribution is 0.376. The summed E-state index contributed by atoms with van der Waals surface area (Å²) in [6, 6.07) is 14.0. The third kappa shape index (κ3) is 5.66. The molecule has 8 nitrogen and oxygen atoms in total. The molecule has 2 aromatic carbocycles. The van der Waals surface area contributed by atoms with Crippen molar-refractivity contribution in [2.45, 2.75) is 6.54 Å². The van der Waals surface area contributed by atoms with Crippen LogP contribution in [0.1, 0.15) is 5.89 Å². The summed E-state index contributed by atoms with van der Waals surface area (Å²) in [5.41, 5.74) is 1.95. The predicted octanol–water partition coefficient (Wildman–Crippen LogP) is 3.27. The highest BCUT2D eigenvalue weighted by molar-refractivity contribution is 7.92. The number of hydrogen-bond acceptors (Lipinski definition) is 6. The van der Waals surface area contributed by atoms with Crippen LogP contribution in [0.15, 0.2) is 53.1 Å². The Hall–Kier alpha value is -2.69. The summed E-state index contributed by atoms with van der Waals surface area (Å²) in [5.74, 6) is 0.818. The average Bonchev–Trinajstić information content (AvgIpc) is 3.15. The fourth-order valence-corrected chi connectivity index (χ4v) is 3.16. The first-order valence-corrected chi connectivity index (χ1v) is 11.0. The van der Waals surface area contributed by atoms with E-state index in [-0.39, 0.29) is 6.54 Å². The first kappa shape index (κ1) is 21.0. The summed E-state index contributed by atoms with van der Waals surface area (Å²) in [6.45, 7) is 0.232. The topological polar surface area (TPSA) is 100 Å². The number of sulfonamides is 1. The number of thiocarbonyl (C=S) groups is 1. The lowest BCUT2D eigenvalue weighted by Gasteiger charge is -2.18. The van der Waals surface area contributed by atoms with Gasteiger partial charge in [-0.3, -0.25) is 4.31 Å². The second kappa shape index (κ2) is 8.76. The maximum atomic E-state index is 11.7. The molecule has 0 amide bonds. The van der Waals surface area contributed by atoms with Gasteiger partial charge in [-0.05, 0) is 54.7 Å². The van der Waals surface area contributed by atoms with E-state index in [1.807, 2.05) is 0 Å². The first-order valence-electron chi connectivity index (χ1n) is 8.40. The summed E-state index contributed by atoms with van der Waals surface area (Å²) < 4.78 is 29.8. The van der Waals surface area contributed by atoms with Gasteiger partial charge >= 0.3 is 0 Å². The standard InChI is InChI=1S/C18H18ClN5O3S2/c1-24(29(2,25)26)15-5-3-4-14(10-15)21-18(28)20-11-16-22-17(23-27-16)12-6-8-13(19)9-7-12/h3-10H,11H2,1-2H3,(H2,20,21,28). The van der Waals surface area contributed by atoms with E-state index >= 15 is 0 Å². The van der Waals surface area contributed by atoms with Gasteiger partial charge in [0.25, 0.3) is 0 Å². The maximum absolute atomic E-state index is 11.7. The van der Waals surface area contributed by atoms with Crippen LogP contribution in [0.5, 0.6) is 0 Å². The number of aromatic nitrogens is 2. The fourth-order valence-electron chi connectivity index (χ4n) is 2.35. The molecule has 2 N–H and O–H groups in total. The van der Waals surface area contributed by atoms with Gasteiger partial charge in [0.05, 0.1) is 18.5 Å². The molecule has 0 aliphatic carbocycles. The quantitative estimate of drug-likeness (QED) is 0.551. The third-order valence-electron chi connectivity index (χ3n) is 3.94. The van der Waals surface area contributed by atoms with E-state index in [0.717, 1.165) is 11.8 Å². The van der Waals surface area contributed by atoms with Crippen LogP contribution in [0.3, 0.4) is 0 Å². The van der Waals surface area contributed by atoms with Gasteiger partial charge in [0.2, 0.25) is 21.7 Å². The number of anilines is 2. The van der Waals surface area contributed by atoms with Crippen molar-refractivity contribution in [2.75, 3.05) is 22.9 Å². The van der Waals surface area contributed by atoms with Crippen molar-refractivity contribution < 1.29 is 12.9 Å². The van der Waals surface area contributed by atoms with Crippen LogP contribution in [0.25, 0.3) is 11.4 Å². The average molecular weight is 452 g/mol. The van der Waals surface area contributed by atoms with Crippen molar-refractivity contribution >= 4 is 50.3 Å². The molecule has 11 heteroatoms. The SMILES string of the molecule is CN(c1cccc(NC(=S)NCc2nc(-c3ccc(Cl)cc3)no2)c1)S(C)(=O)=O. The van der Waals surface area contributed by atoms with Crippen molar-refractivity contribution in [1.29, 1.82) is 0 Å². The fraction of sp³-hybridized carbons (Fsp3) is 0.167. The molecule has 3 rings (SSSR count). The maximum Gasteiger partial charge on any atom is 0.246 e. The highest BCUT2D eigenvalue weighted by Crippen LogP contribution is 2.21. The summed E-state index contributed by atoms with van der Waals surface area (Å²) >= 11 is 11.2. The molecule has 0 aliphatic heterocycles. The van der Waals surface area contributed by atoms with Gasteiger partial charge < -0.3 is 15.2 Å². The van der Waals surface area contributed by atoms with Crippen LogP contribution in [0.2, 0.25) is 5.02 Å². The molecule has 3 aromatic rings. The number of rotatable bonds is 6. The van der Waals surface area contributed by atoms with Crippen LogP contribution in [0, 0.1) is 0 Å². The molecule has 0 fully saturated rings. The molecule has 0 saturated heterocycles. The first-order chi connectivity index (χ1) is 13.7. The molecular formula is C18H18ClN5O3S2. The zero-order chi connectivity index (χ0) is 21.0. The smallest absolute Gasteiger partial charge is 0.246 e. The minimum atomic E-state index is -3.35. The molecule has 0 unspecified atom stereocenters. The minimum Gasteiger partial charge on any atom is -0.353 e. The van der Waals surface area contributed by atoms with E-state index in [1.54, 1.807) is 48.5 Å². The molecule has 29 heavy (non-hydrogen) atoms.